The average molecular weight is 214 g/mol. The van der Waals surface area contributed by atoms with E-state index < -0.39 is 5.38 Å². The molecule has 0 aliphatic heterocycles. The van der Waals surface area contributed by atoms with E-state index in [1.165, 1.54) is 0 Å². The average Bonchev–Trinajstić information content (AvgIpc) is 2.18. The number of nitrogens with zero attached hydrogens (tertiary/aromatic N) is 1. The largest absolute Gasteiger partial charge is 0.325 e. The molecule has 1 amide bonds. The van der Waals surface area contributed by atoms with Crippen LogP contribution in [0.1, 0.15) is 12.6 Å². The molecule has 1 aromatic heterocycles. The van der Waals surface area contributed by atoms with E-state index in [1.54, 1.807) is 25.3 Å². The smallest absolute Gasteiger partial charge is 0.242 e. The van der Waals surface area contributed by atoms with Crippen LogP contribution in [-0.2, 0) is 11.3 Å². The van der Waals surface area contributed by atoms with E-state index in [0.29, 0.717) is 11.4 Å². The van der Waals surface area contributed by atoms with Gasteiger partial charge in [-0.2, -0.15) is 0 Å². The molecule has 1 unspecified atom stereocenters. The van der Waals surface area contributed by atoms with Crippen LogP contribution in [-0.4, -0.2) is 16.3 Å². The highest BCUT2D eigenvalue weighted by Crippen LogP contribution is 2.12. The molecular formula is C9H12ClN3O. The van der Waals surface area contributed by atoms with E-state index in [9.17, 15) is 4.79 Å². The Morgan fingerprint density at radius 1 is 1.79 bits per heavy atom. The number of alkyl halides is 1. The maximum absolute atomic E-state index is 11.3. The van der Waals surface area contributed by atoms with Gasteiger partial charge >= 0.3 is 0 Å². The first kappa shape index (κ1) is 10.9. The minimum absolute atomic E-state index is 0.255. The normalized spacial score (nSPS) is 12.2. The SMILES string of the molecule is CC(Cl)C(=O)Nc1cccnc1CN. The Bertz CT molecular complexity index is 328. The molecule has 0 spiro atoms. The van der Waals surface area contributed by atoms with E-state index in [4.69, 9.17) is 17.3 Å². The van der Waals surface area contributed by atoms with Gasteiger partial charge in [0, 0.05) is 12.7 Å². The topological polar surface area (TPSA) is 68.0 Å². The summed E-state index contributed by atoms with van der Waals surface area (Å²) in [5, 5.41) is 2.08. The molecule has 4 nitrogen and oxygen atoms in total. The molecule has 0 radical (unpaired) electrons. The van der Waals surface area contributed by atoms with Crippen LogP contribution in [0.3, 0.4) is 0 Å². The number of amides is 1. The first-order valence-electron chi connectivity index (χ1n) is 4.24. The lowest BCUT2D eigenvalue weighted by atomic mass is 10.3. The van der Waals surface area contributed by atoms with Gasteiger partial charge in [0.05, 0.1) is 11.4 Å². The van der Waals surface area contributed by atoms with Crippen LogP contribution in [0.15, 0.2) is 18.3 Å². The van der Waals surface area contributed by atoms with Crippen LogP contribution in [0.5, 0.6) is 0 Å². The number of carbonyl (C=O) groups is 1. The third-order valence-corrected chi connectivity index (χ3v) is 1.90. The lowest BCUT2D eigenvalue weighted by Gasteiger charge is -2.09. The standard InChI is InChI=1S/C9H12ClN3O/c1-6(10)9(14)13-7-3-2-4-12-8(7)5-11/h2-4,6H,5,11H2,1H3,(H,13,14). The van der Waals surface area contributed by atoms with Gasteiger partial charge in [-0.25, -0.2) is 0 Å². The maximum atomic E-state index is 11.3. The second-order valence-electron chi connectivity index (χ2n) is 2.81. The molecule has 0 bridgehead atoms. The quantitative estimate of drug-likeness (QED) is 0.739. The van der Waals surface area contributed by atoms with Gasteiger partial charge in [0.25, 0.3) is 0 Å². The third kappa shape index (κ3) is 2.68. The van der Waals surface area contributed by atoms with E-state index in [1.807, 2.05) is 0 Å². The monoisotopic (exact) mass is 213 g/mol. The molecule has 1 heterocycles. The Kier molecular flexibility index (Phi) is 3.85. The van der Waals surface area contributed by atoms with Gasteiger partial charge in [0.15, 0.2) is 0 Å². The predicted molar refractivity (Wildman–Crippen MR) is 56.1 cm³/mol. The highest BCUT2D eigenvalue weighted by Gasteiger charge is 2.11. The fourth-order valence-electron chi connectivity index (χ4n) is 0.947. The number of hydrogen-bond acceptors (Lipinski definition) is 3. The van der Waals surface area contributed by atoms with Crippen molar-refractivity contribution in [2.45, 2.75) is 18.8 Å². The summed E-state index contributed by atoms with van der Waals surface area (Å²) in [5.74, 6) is -0.255. The van der Waals surface area contributed by atoms with Crippen LogP contribution < -0.4 is 11.1 Å². The Balaban J connectivity index is 2.80. The molecule has 0 saturated heterocycles. The zero-order valence-electron chi connectivity index (χ0n) is 7.83. The first-order chi connectivity index (χ1) is 6.65. The van der Waals surface area contributed by atoms with Crippen molar-refractivity contribution in [3.63, 3.8) is 0 Å². The lowest BCUT2D eigenvalue weighted by Crippen LogP contribution is -2.21. The van der Waals surface area contributed by atoms with Crippen molar-refractivity contribution in [1.29, 1.82) is 0 Å². The molecule has 5 heteroatoms. The summed E-state index contributed by atoms with van der Waals surface area (Å²) < 4.78 is 0. The molecule has 76 valence electrons. The molecule has 0 saturated carbocycles. The zero-order chi connectivity index (χ0) is 10.6. The minimum Gasteiger partial charge on any atom is -0.325 e. The van der Waals surface area contributed by atoms with Crippen LogP contribution in [0.25, 0.3) is 0 Å². The van der Waals surface area contributed by atoms with Crippen molar-refractivity contribution < 1.29 is 4.79 Å². The Morgan fingerprint density at radius 2 is 2.50 bits per heavy atom. The molecule has 0 aliphatic rings. The number of nitrogens with two attached hydrogens (primary N) is 1. The summed E-state index contributed by atoms with van der Waals surface area (Å²) in [6, 6.07) is 3.47. The number of nitrogens with one attached hydrogen (secondary N) is 1. The molecular weight excluding hydrogens is 202 g/mol. The Morgan fingerprint density at radius 3 is 3.07 bits per heavy atom. The highest BCUT2D eigenvalue weighted by molar-refractivity contribution is 6.32. The zero-order valence-corrected chi connectivity index (χ0v) is 8.58. The lowest BCUT2D eigenvalue weighted by molar-refractivity contribution is -0.115. The third-order valence-electron chi connectivity index (χ3n) is 1.70. The second-order valence-corrected chi connectivity index (χ2v) is 3.46. The van der Waals surface area contributed by atoms with Crippen LogP contribution in [0, 0.1) is 0 Å². The first-order valence-corrected chi connectivity index (χ1v) is 4.67. The van der Waals surface area contributed by atoms with E-state index >= 15 is 0 Å². The van der Waals surface area contributed by atoms with E-state index in [0.717, 1.165) is 0 Å². The summed E-state index contributed by atoms with van der Waals surface area (Å²) in [4.78, 5) is 15.3. The van der Waals surface area contributed by atoms with Gasteiger partial charge in [-0.1, -0.05) is 0 Å². The molecule has 0 aliphatic carbocycles. The van der Waals surface area contributed by atoms with Gasteiger partial charge in [-0.3, -0.25) is 9.78 Å². The number of pyridine rings is 1. The fourth-order valence-corrected chi connectivity index (χ4v) is 1.00. The van der Waals surface area contributed by atoms with Gasteiger partial charge in [0.2, 0.25) is 5.91 Å². The highest BCUT2D eigenvalue weighted by atomic mass is 35.5. The van der Waals surface area contributed by atoms with Crippen LogP contribution in [0.2, 0.25) is 0 Å². The summed E-state index contributed by atoms with van der Waals surface area (Å²) in [6.45, 7) is 1.89. The van der Waals surface area contributed by atoms with Gasteiger partial charge in [-0.15, -0.1) is 11.6 Å². The minimum atomic E-state index is -0.569. The van der Waals surface area contributed by atoms with Crippen molar-refractivity contribution >= 4 is 23.2 Å². The van der Waals surface area contributed by atoms with E-state index in [-0.39, 0.29) is 12.5 Å². The van der Waals surface area contributed by atoms with Gasteiger partial charge in [-0.05, 0) is 19.1 Å². The fraction of sp³-hybridized carbons (Fsp3) is 0.333. The molecule has 3 N–H and O–H groups in total. The summed E-state index contributed by atoms with van der Waals surface area (Å²) in [5.41, 5.74) is 6.72. The second kappa shape index (κ2) is 4.93. The van der Waals surface area contributed by atoms with Crippen LogP contribution >= 0.6 is 11.6 Å². The molecule has 1 rings (SSSR count). The van der Waals surface area contributed by atoms with Crippen LogP contribution in [0.4, 0.5) is 5.69 Å². The van der Waals surface area contributed by atoms with Crippen molar-refractivity contribution in [3.05, 3.63) is 24.0 Å². The van der Waals surface area contributed by atoms with E-state index in [2.05, 4.69) is 10.3 Å². The number of carbonyl (C=O) groups excluding carboxylic acids is 1. The number of rotatable bonds is 3. The maximum Gasteiger partial charge on any atom is 0.242 e. The Labute approximate surface area is 87.5 Å². The molecule has 1 aromatic rings. The van der Waals surface area contributed by atoms with Crippen molar-refractivity contribution in [3.8, 4) is 0 Å². The summed E-state index contributed by atoms with van der Waals surface area (Å²) in [7, 11) is 0. The number of aromatic nitrogens is 1. The number of anilines is 1. The van der Waals surface area contributed by atoms with Gasteiger partial charge < -0.3 is 11.1 Å². The van der Waals surface area contributed by atoms with Crippen molar-refractivity contribution in [1.82, 2.24) is 4.98 Å². The van der Waals surface area contributed by atoms with Crippen molar-refractivity contribution in [2.75, 3.05) is 5.32 Å². The Hall–Kier alpha value is -1.13. The molecule has 0 fully saturated rings. The molecule has 0 aromatic carbocycles. The summed E-state index contributed by atoms with van der Waals surface area (Å²) in [6.07, 6.45) is 1.63. The molecule has 1 atom stereocenters. The van der Waals surface area contributed by atoms with Crippen molar-refractivity contribution in [2.24, 2.45) is 5.73 Å². The molecule has 14 heavy (non-hydrogen) atoms. The predicted octanol–water partition coefficient (Wildman–Crippen LogP) is 1.11. The van der Waals surface area contributed by atoms with Gasteiger partial charge in [0.1, 0.15) is 5.38 Å². The summed E-state index contributed by atoms with van der Waals surface area (Å²) >= 11 is 5.61. The number of halogens is 1. The number of hydrogen-bond donors (Lipinski definition) is 2.